The lowest BCUT2D eigenvalue weighted by Crippen LogP contribution is -2.43. The highest BCUT2D eigenvalue weighted by Crippen LogP contribution is 2.07. The third-order valence-corrected chi connectivity index (χ3v) is 2.55. The lowest BCUT2D eigenvalue weighted by molar-refractivity contribution is -0.873. The maximum absolute atomic E-state index is 11.8. The molecule has 17 heavy (non-hydrogen) atoms. The summed E-state index contributed by atoms with van der Waals surface area (Å²) in [6.45, 7) is 0.697. The summed E-state index contributed by atoms with van der Waals surface area (Å²) < 4.78 is 6.08. The lowest BCUT2D eigenvalue weighted by atomic mass is 10.2. The van der Waals surface area contributed by atoms with E-state index in [9.17, 15) is 4.79 Å². The number of halogens is 1. The zero-order chi connectivity index (χ0) is 12.9. The number of ether oxygens (including phenoxy) is 1. The van der Waals surface area contributed by atoms with E-state index < -0.39 is 0 Å². The van der Waals surface area contributed by atoms with E-state index >= 15 is 0 Å². The fourth-order valence-corrected chi connectivity index (χ4v) is 1.68. The number of rotatable bonds is 5. The van der Waals surface area contributed by atoms with Crippen molar-refractivity contribution >= 4 is 17.6 Å². The Bertz CT molecular complexity index is 359. The van der Waals surface area contributed by atoms with E-state index in [1.54, 1.807) is 12.1 Å². The highest BCUT2D eigenvalue weighted by Gasteiger charge is 2.21. The van der Waals surface area contributed by atoms with Gasteiger partial charge in [-0.2, -0.15) is 0 Å². The van der Waals surface area contributed by atoms with E-state index in [4.69, 9.17) is 16.3 Å². The Hall–Kier alpha value is -1.06. The van der Waals surface area contributed by atoms with Crippen LogP contribution in [-0.4, -0.2) is 50.1 Å². The molecule has 0 aliphatic rings. The van der Waals surface area contributed by atoms with Crippen LogP contribution in [0.3, 0.4) is 0 Å². The third-order valence-electron chi connectivity index (χ3n) is 2.21. The number of carbonyl (C=O) groups is 1. The second-order valence-electron chi connectivity index (χ2n) is 5.02. The summed E-state index contributed by atoms with van der Waals surface area (Å²) in [4.78, 5) is 11.8. The molecule has 1 aromatic carbocycles. The van der Waals surface area contributed by atoms with E-state index in [1.807, 2.05) is 39.3 Å². The van der Waals surface area contributed by atoms with Crippen LogP contribution < -0.4 is 0 Å². The Morgan fingerprint density at radius 2 is 1.88 bits per heavy atom. The number of carbonyl (C=O) groups excluding carboxylic acids is 1. The summed E-state index contributed by atoms with van der Waals surface area (Å²) in [7, 11) is 6.11. The van der Waals surface area contributed by atoms with Gasteiger partial charge in [-0.1, -0.05) is 18.2 Å². The van der Waals surface area contributed by atoms with Crippen LogP contribution in [0.15, 0.2) is 30.3 Å². The first-order valence-electron chi connectivity index (χ1n) is 5.55. The molecule has 0 fully saturated rings. The summed E-state index contributed by atoms with van der Waals surface area (Å²) in [6.07, 6.45) is -0.260. The maximum Gasteiger partial charge on any atom is 0.338 e. The van der Waals surface area contributed by atoms with Crippen LogP contribution in [0, 0.1) is 0 Å². The number of nitrogens with zero attached hydrogens (tertiary/aromatic N) is 1. The minimum Gasteiger partial charge on any atom is -0.451 e. The standard InChI is InChI=1S/C13H19ClNO2/c1-15(2,3)10-12(9-14)17-13(16)11-7-5-4-6-8-11/h4-8,12H,9-10H2,1-3H3/q+1. The topological polar surface area (TPSA) is 26.3 Å². The van der Waals surface area contributed by atoms with Crippen molar-refractivity contribution in [1.82, 2.24) is 0 Å². The summed E-state index contributed by atoms with van der Waals surface area (Å²) in [5.74, 6) is -0.00151. The van der Waals surface area contributed by atoms with E-state index in [0.717, 1.165) is 0 Å². The van der Waals surface area contributed by atoms with Crippen LogP contribution in [0.2, 0.25) is 0 Å². The molecule has 94 valence electrons. The van der Waals surface area contributed by atoms with Gasteiger partial charge in [0.25, 0.3) is 0 Å². The fourth-order valence-electron chi connectivity index (χ4n) is 1.52. The van der Waals surface area contributed by atoms with E-state index in [-0.39, 0.29) is 12.1 Å². The molecule has 0 amide bonds. The molecule has 0 N–H and O–H groups in total. The number of likely N-dealkylation sites (N-methyl/N-ethyl adjacent to an activating group) is 1. The smallest absolute Gasteiger partial charge is 0.338 e. The van der Waals surface area contributed by atoms with Gasteiger partial charge in [-0.25, -0.2) is 4.79 Å². The van der Waals surface area contributed by atoms with Crippen LogP contribution in [0.5, 0.6) is 0 Å². The van der Waals surface area contributed by atoms with Gasteiger partial charge in [-0.3, -0.25) is 0 Å². The highest BCUT2D eigenvalue weighted by molar-refractivity contribution is 6.18. The monoisotopic (exact) mass is 256 g/mol. The van der Waals surface area contributed by atoms with Crippen molar-refractivity contribution in [2.45, 2.75) is 6.10 Å². The quantitative estimate of drug-likeness (QED) is 0.459. The molecule has 0 radical (unpaired) electrons. The van der Waals surface area contributed by atoms with Crippen molar-refractivity contribution in [2.75, 3.05) is 33.6 Å². The number of benzene rings is 1. The van der Waals surface area contributed by atoms with Crippen molar-refractivity contribution in [1.29, 1.82) is 0 Å². The molecule has 1 unspecified atom stereocenters. The molecule has 0 spiro atoms. The predicted octanol–water partition coefficient (Wildman–Crippen LogP) is 2.16. The van der Waals surface area contributed by atoms with E-state index in [1.165, 1.54) is 0 Å². The highest BCUT2D eigenvalue weighted by atomic mass is 35.5. The zero-order valence-electron chi connectivity index (χ0n) is 10.5. The average Bonchev–Trinajstić information content (AvgIpc) is 2.27. The van der Waals surface area contributed by atoms with Crippen LogP contribution in [0.1, 0.15) is 10.4 Å². The second-order valence-corrected chi connectivity index (χ2v) is 5.33. The maximum atomic E-state index is 11.8. The zero-order valence-corrected chi connectivity index (χ0v) is 11.3. The van der Waals surface area contributed by atoms with Gasteiger partial charge in [0.1, 0.15) is 6.54 Å². The number of esters is 1. The molecule has 1 atom stereocenters. The van der Waals surface area contributed by atoms with Gasteiger partial charge in [0.2, 0.25) is 0 Å². The van der Waals surface area contributed by atoms with Gasteiger partial charge in [-0.05, 0) is 12.1 Å². The van der Waals surface area contributed by atoms with Crippen molar-refractivity contribution in [3.05, 3.63) is 35.9 Å². The molecule has 0 heterocycles. The Balaban J connectivity index is 2.60. The van der Waals surface area contributed by atoms with Gasteiger partial charge in [0.15, 0.2) is 6.10 Å². The average molecular weight is 257 g/mol. The Kier molecular flexibility index (Phi) is 4.97. The van der Waals surface area contributed by atoms with Crippen molar-refractivity contribution < 1.29 is 14.0 Å². The molecule has 0 aliphatic heterocycles. The molecular formula is C13H19ClNO2+. The fraction of sp³-hybridized carbons (Fsp3) is 0.462. The van der Waals surface area contributed by atoms with Crippen LogP contribution in [0.4, 0.5) is 0 Å². The van der Waals surface area contributed by atoms with Gasteiger partial charge >= 0.3 is 5.97 Å². The van der Waals surface area contributed by atoms with E-state index in [0.29, 0.717) is 22.5 Å². The Labute approximate surface area is 108 Å². The van der Waals surface area contributed by atoms with Crippen LogP contribution in [0.25, 0.3) is 0 Å². The van der Waals surface area contributed by atoms with Gasteiger partial charge in [0, 0.05) is 0 Å². The first-order valence-corrected chi connectivity index (χ1v) is 6.08. The molecular weight excluding hydrogens is 238 g/mol. The molecule has 1 aromatic rings. The minimum atomic E-state index is -0.315. The molecule has 0 aromatic heterocycles. The first-order chi connectivity index (χ1) is 7.92. The summed E-state index contributed by atoms with van der Waals surface area (Å²) >= 11 is 5.82. The van der Waals surface area contributed by atoms with Crippen LogP contribution in [-0.2, 0) is 4.74 Å². The molecule has 0 saturated carbocycles. The SMILES string of the molecule is C[N+](C)(C)CC(CCl)OC(=O)c1ccccc1. The molecule has 0 saturated heterocycles. The summed E-state index contributed by atoms with van der Waals surface area (Å²) in [6, 6.07) is 8.96. The predicted molar refractivity (Wildman–Crippen MR) is 69.3 cm³/mol. The molecule has 1 rings (SSSR count). The van der Waals surface area contributed by atoms with Crippen LogP contribution >= 0.6 is 11.6 Å². The van der Waals surface area contributed by atoms with Gasteiger partial charge < -0.3 is 9.22 Å². The molecule has 3 nitrogen and oxygen atoms in total. The Morgan fingerprint density at radius 1 is 1.29 bits per heavy atom. The second kappa shape index (κ2) is 6.03. The van der Waals surface area contributed by atoms with E-state index in [2.05, 4.69) is 0 Å². The first kappa shape index (κ1) is 14.0. The van der Waals surface area contributed by atoms with Crippen molar-refractivity contribution in [3.63, 3.8) is 0 Å². The van der Waals surface area contributed by atoms with Crippen molar-refractivity contribution in [2.24, 2.45) is 0 Å². The van der Waals surface area contributed by atoms with Gasteiger partial charge in [0.05, 0.1) is 32.6 Å². The lowest BCUT2D eigenvalue weighted by Gasteiger charge is -2.28. The Morgan fingerprint density at radius 3 is 2.35 bits per heavy atom. The normalized spacial score (nSPS) is 13.2. The molecule has 4 heteroatoms. The summed E-state index contributed by atoms with van der Waals surface area (Å²) in [5.41, 5.74) is 0.559. The minimum absolute atomic E-state index is 0.260. The number of quaternary nitrogens is 1. The molecule has 0 aliphatic carbocycles. The number of hydrogen-bond donors (Lipinski definition) is 0. The summed E-state index contributed by atoms with van der Waals surface area (Å²) in [5, 5.41) is 0. The molecule has 0 bridgehead atoms. The van der Waals surface area contributed by atoms with Crippen molar-refractivity contribution in [3.8, 4) is 0 Å². The largest absolute Gasteiger partial charge is 0.451 e. The number of alkyl halides is 1. The number of hydrogen-bond acceptors (Lipinski definition) is 2. The van der Waals surface area contributed by atoms with Gasteiger partial charge in [-0.15, -0.1) is 11.6 Å². The third kappa shape index (κ3) is 5.20.